The summed E-state index contributed by atoms with van der Waals surface area (Å²) in [6.45, 7) is 6.55. The highest BCUT2D eigenvalue weighted by molar-refractivity contribution is 7.90. The van der Waals surface area contributed by atoms with E-state index in [-0.39, 0.29) is 0 Å². The Morgan fingerprint density at radius 1 is 1.15 bits per heavy atom. The zero-order chi connectivity index (χ0) is 15.0. The Morgan fingerprint density at radius 2 is 1.80 bits per heavy atom. The van der Waals surface area contributed by atoms with E-state index in [0.717, 1.165) is 19.5 Å². The van der Waals surface area contributed by atoms with Gasteiger partial charge in [0.2, 0.25) is 0 Å². The summed E-state index contributed by atoms with van der Waals surface area (Å²) in [5.41, 5.74) is 0.702. The molecule has 0 aliphatic carbocycles. The highest BCUT2D eigenvalue weighted by Gasteiger charge is 2.25. The van der Waals surface area contributed by atoms with Gasteiger partial charge in [0.1, 0.15) is 0 Å². The van der Waals surface area contributed by atoms with Crippen LogP contribution in [0.4, 0.5) is 5.69 Å². The summed E-state index contributed by atoms with van der Waals surface area (Å²) in [5, 5.41) is 3.19. The first-order valence-electron chi connectivity index (χ1n) is 7.03. The van der Waals surface area contributed by atoms with Gasteiger partial charge in [-0.2, -0.15) is 12.7 Å². The fourth-order valence-corrected chi connectivity index (χ4v) is 3.37. The van der Waals surface area contributed by atoms with E-state index >= 15 is 0 Å². The fourth-order valence-electron chi connectivity index (χ4n) is 1.96. The lowest BCUT2D eigenvalue weighted by molar-refractivity contribution is 0.453. The van der Waals surface area contributed by atoms with Crippen LogP contribution in [0.25, 0.3) is 0 Å². The minimum Gasteiger partial charge on any atom is -0.317 e. The van der Waals surface area contributed by atoms with Crippen LogP contribution in [0.1, 0.15) is 20.3 Å². The van der Waals surface area contributed by atoms with Crippen molar-refractivity contribution in [3.05, 3.63) is 30.3 Å². The molecule has 20 heavy (non-hydrogen) atoms. The maximum Gasteiger partial charge on any atom is 0.303 e. The molecule has 1 N–H and O–H groups in total. The molecule has 0 aliphatic heterocycles. The highest BCUT2D eigenvalue weighted by Crippen LogP contribution is 2.19. The van der Waals surface area contributed by atoms with E-state index in [1.54, 1.807) is 7.05 Å². The molecule has 0 aromatic heterocycles. The molecule has 0 bridgehead atoms. The lowest BCUT2D eigenvalue weighted by Crippen LogP contribution is -2.42. The van der Waals surface area contributed by atoms with Crippen molar-refractivity contribution in [3.63, 3.8) is 0 Å². The molecule has 0 atom stereocenters. The van der Waals surface area contributed by atoms with E-state index in [1.807, 2.05) is 44.2 Å². The van der Waals surface area contributed by atoms with Crippen LogP contribution in [0.5, 0.6) is 0 Å². The van der Waals surface area contributed by atoms with Gasteiger partial charge in [-0.05, 0) is 38.6 Å². The Kier molecular flexibility index (Phi) is 6.98. The van der Waals surface area contributed by atoms with Crippen molar-refractivity contribution in [1.82, 2.24) is 9.62 Å². The number of nitrogens with one attached hydrogen (secondary N) is 1. The molecular weight excluding hydrogens is 274 g/mol. The predicted molar refractivity (Wildman–Crippen MR) is 84.2 cm³/mol. The van der Waals surface area contributed by atoms with Gasteiger partial charge in [0.05, 0.1) is 5.69 Å². The minimum atomic E-state index is -3.45. The van der Waals surface area contributed by atoms with Gasteiger partial charge >= 0.3 is 10.2 Å². The Bertz CT molecular complexity index is 476. The minimum absolute atomic E-state index is 0.421. The molecule has 0 fully saturated rings. The normalized spacial score (nSPS) is 11.8. The van der Waals surface area contributed by atoms with Crippen molar-refractivity contribution in [3.8, 4) is 0 Å². The van der Waals surface area contributed by atoms with Gasteiger partial charge in [0.25, 0.3) is 0 Å². The first-order valence-corrected chi connectivity index (χ1v) is 8.43. The van der Waals surface area contributed by atoms with Crippen LogP contribution in [0.15, 0.2) is 30.3 Å². The molecule has 1 rings (SSSR count). The first kappa shape index (κ1) is 16.9. The van der Waals surface area contributed by atoms with Crippen LogP contribution in [0, 0.1) is 0 Å². The molecule has 0 saturated carbocycles. The molecule has 1 aromatic carbocycles. The smallest absolute Gasteiger partial charge is 0.303 e. The molecule has 1 aromatic rings. The summed E-state index contributed by atoms with van der Waals surface area (Å²) in [7, 11) is -1.82. The number of hydrogen-bond donors (Lipinski definition) is 1. The average molecular weight is 299 g/mol. The third kappa shape index (κ3) is 4.47. The second kappa shape index (κ2) is 8.24. The third-order valence-corrected chi connectivity index (χ3v) is 5.08. The molecular formula is C14H25N3O2S. The number of nitrogens with zero attached hydrogens (tertiary/aromatic N) is 2. The van der Waals surface area contributed by atoms with Crippen LogP contribution in [0.2, 0.25) is 0 Å². The molecule has 0 aliphatic rings. The third-order valence-electron chi connectivity index (χ3n) is 3.08. The van der Waals surface area contributed by atoms with E-state index in [0.29, 0.717) is 18.8 Å². The fraction of sp³-hybridized carbons (Fsp3) is 0.571. The lowest BCUT2D eigenvalue weighted by atomic mass is 10.3. The number of rotatable bonds is 9. The van der Waals surface area contributed by atoms with Crippen LogP contribution in [-0.4, -0.2) is 45.9 Å². The van der Waals surface area contributed by atoms with E-state index in [1.165, 1.54) is 8.61 Å². The summed E-state index contributed by atoms with van der Waals surface area (Å²) >= 11 is 0. The van der Waals surface area contributed by atoms with E-state index < -0.39 is 10.2 Å². The molecule has 5 nitrogen and oxygen atoms in total. The number of anilines is 1. The van der Waals surface area contributed by atoms with Crippen molar-refractivity contribution in [2.24, 2.45) is 0 Å². The molecule has 0 saturated heterocycles. The number of para-hydroxylation sites is 1. The van der Waals surface area contributed by atoms with Gasteiger partial charge in [-0.1, -0.05) is 25.1 Å². The lowest BCUT2D eigenvalue weighted by Gasteiger charge is -2.28. The van der Waals surface area contributed by atoms with Gasteiger partial charge < -0.3 is 5.32 Å². The Hall–Kier alpha value is -1.11. The van der Waals surface area contributed by atoms with E-state index in [4.69, 9.17) is 0 Å². The molecule has 0 spiro atoms. The zero-order valence-electron chi connectivity index (χ0n) is 12.5. The topological polar surface area (TPSA) is 52.7 Å². The second-order valence-electron chi connectivity index (χ2n) is 4.54. The van der Waals surface area contributed by atoms with Crippen LogP contribution in [-0.2, 0) is 10.2 Å². The van der Waals surface area contributed by atoms with E-state index in [9.17, 15) is 8.42 Å². The van der Waals surface area contributed by atoms with Gasteiger partial charge in [-0.25, -0.2) is 0 Å². The molecule has 6 heteroatoms. The summed E-state index contributed by atoms with van der Waals surface area (Å²) in [6.07, 6.45) is 0.802. The standard InChI is InChI=1S/C14H25N3O2S/c1-4-15-12-9-13-16(3)20(18,19)17(5-2)14-10-7-6-8-11-14/h6-8,10-11,15H,4-5,9,12-13H2,1-3H3. The van der Waals surface area contributed by atoms with Gasteiger partial charge in [-0.3, -0.25) is 4.31 Å². The van der Waals surface area contributed by atoms with Crippen molar-refractivity contribution in [2.45, 2.75) is 20.3 Å². The average Bonchev–Trinajstić information content (AvgIpc) is 2.45. The van der Waals surface area contributed by atoms with Crippen molar-refractivity contribution in [2.75, 3.05) is 37.5 Å². The zero-order valence-corrected chi connectivity index (χ0v) is 13.4. The van der Waals surface area contributed by atoms with Gasteiger partial charge in [-0.15, -0.1) is 0 Å². The van der Waals surface area contributed by atoms with Crippen molar-refractivity contribution < 1.29 is 8.42 Å². The molecule has 114 valence electrons. The summed E-state index contributed by atoms with van der Waals surface area (Å²) in [4.78, 5) is 0. The highest BCUT2D eigenvalue weighted by atomic mass is 32.2. The monoisotopic (exact) mass is 299 g/mol. The summed E-state index contributed by atoms with van der Waals surface area (Å²) in [6, 6.07) is 9.20. The number of benzene rings is 1. The molecule has 0 unspecified atom stereocenters. The van der Waals surface area contributed by atoms with Crippen molar-refractivity contribution >= 4 is 15.9 Å². The molecule has 0 radical (unpaired) electrons. The summed E-state index contributed by atoms with van der Waals surface area (Å²) in [5.74, 6) is 0. The molecule has 0 heterocycles. The Labute approximate surface area is 122 Å². The molecule has 0 amide bonds. The number of hydrogen-bond acceptors (Lipinski definition) is 3. The Morgan fingerprint density at radius 3 is 2.35 bits per heavy atom. The maximum atomic E-state index is 12.6. The quantitative estimate of drug-likeness (QED) is 0.706. The second-order valence-corrected chi connectivity index (χ2v) is 6.50. The summed E-state index contributed by atoms with van der Waals surface area (Å²) < 4.78 is 28.0. The van der Waals surface area contributed by atoms with Crippen molar-refractivity contribution in [1.29, 1.82) is 0 Å². The van der Waals surface area contributed by atoms with Gasteiger partial charge in [0, 0.05) is 20.1 Å². The van der Waals surface area contributed by atoms with Crippen LogP contribution < -0.4 is 9.62 Å². The Balaban J connectivity index is 2.74. The SMILES string of the molecule is CCNCCCN(C)S(=O)(=O)N(CC)c1ccccc1. The van der Waals surface area contributed by atoms with Crippen LogP contribution in [0.3, 0.4) is 0 Å². The van der Waals surface area contributed by atoms with Gasteiger partial charge in [0.15, 0.2) is 0 Å². The maximum absolute atomic E-state index is 12.6. The predicted octanol–water partition coefficient (Wildman–Crippen LogP) is 1.69. The van der Waals surface area contributed by atoms with E-state index in [2.05, 4.69) is 5.32 Å². The largest absolute Gasteiger partial charge is 0.317 e. The van der Waals surface area contributed by atoms with Crippen LogP contribution >= 0.6 is 0 Å². The first-order chi connectivity index (χ1) is 9.54.